The Bertz CT molecular complexity index is 655. The van der Waals surface area contributed by atoms with Gasteiger partial charge in [0.05, 0.1) is 6.26 Å². The van der Waals surface area contributed by atoms with Crippen LogP contribution in [0.25, 0.3) is 0 Å². The summed E-state index contributed by atoms with van der Waals surface area (Å²) < 4.78 is 27.5. The van der Waals surface area contributed by atoms with Gasteiger partial charge in [0.25, 0.3) is 0 Å². The average molecular weight is 370 g/mol. The Morgan fingerprint density at radius 2 is 1.92 bits per heavy atom. The Morgan fingerprint density at radius 1 is 1.24 bits per heavy atom. The van der Waals surface area contributed by atoms with Crippen molar-refractivity contribution in [3.63, 3.8) is 0 Å². The first-order valence-corrected chi connectivity index (χ1v) is 10.8. The fraction of sp³-hybridized carbons (Fsp3) is 0.632. The highest BCUT2D eigenvalue weighted by Crippen LogP contribution is 2.21. The Hall–Kier alpha value is -1.56. The Labute approximate surface area is 152 Å². The highest BCUT2D eigenvalue weighted by molar-refractivity contribution is 7.86. The number of hydrogen-bond donors (Lipinski definition) is 0. The summed E-state index contributed by atoms with van der Waals surface area (Å²) in [6.45, 7) is 8.63. The number of benzene rings is 1. The molecule has 6 heteroatoms. The van der Waals surface area contributed by atoms with E-state index in [4.69, 9.17) is 4.18 Å². The van der Waals surface area contributed by atoms with Crippen LogP contribution in [0, 0.1) is 5.92 Å². The molecule has 0 fully saturated rings. The van der Waals surface area contributed by atoms with Crippen LogP contribution in [0.15, 0.2) is 24.3 Å². The van der Waals surface area contributed by atoms with Gasteiger partial charge in [0.2, 0.25) is 5.91 Å². The molecule has 142 valence electrons. The van der Waals surface area contributed by atoms with Gasteiger partial charge in [0, 0.05) is 18.5 Å². The molecule has 0 radical (unpaired) electrons. The number of unbranched alkanes of at least 4 members (excludes halogenated alkanes) is 1. The van der Waals surface area contributed by atoms with Crippen molar-refractivity contribution in [1.82, 2.24) is 4.90 Å². The van der Waals surface area contributed by atoms with E-state index in [1.54, 1.807) is 18.2 Å². The highest BCUT2D eigenvalue weighted by Gasteiger charge is 2.24. The van der Waals surface area contributed by atoms with Crippen LogP contribution in [0.5, 0.6) is 5.75 Å². The van der Waals surface area contributed by atoms with Gasteiger partial charge in [-0.15, -0.1) is 0 Å². The lowest BCUT2D eigenvalue weighted by Gasteiger charge is -2.30. The van der Waals surface area contributed by atoms with Crippen molar-refractivity contribution in [1.29, 1.82) is 0 Å². The molecule has 25 heavy (non-hydrogen) atoms. The first-order chi connectivity index (χ1) is 11.7. The molecule has 0 aliphatic heterocycles. The van der Waals surface area contributed by atoms with Crippen molar-refractivity contribution in [3.8, 4) is 5.75 Å². The molecule has 1 atom stereocenters. The zero-order valence-corrected chi connectivity index (χ0v) is 16.8. The summed E-state index contributed by atoms with van der Waals surface area (Å²) in [6.07, 6.45) is 4.89. The zero-order chi connectivity index (χ0) is 19.0. The molecule has 1 aromatic rings. The number of carbonyl (C=O) groups is 1. The average Bonchev–Trinajstić information content (AvgIpc) is 2.51. The lowest BCUT2D eigenvalue weighted by atomic mass is 9.97. The van der Waals surface area contributed by atoms with Crippen molar-refractivity contribution in [2.45, 2.75) is 66.0 Å². The lowest BCUT2D eigenvalue weighted by Crippen LogP contribution is -2.40. The van der Waals surface area contributed by atoms with Gasteiger partial charge in [-0.05, 0) is 44.4 Å². The second kappa shape index (κ2) is 9.80. The Morgan fingerprint density at radius 3 is 2.44 bits per heavy atom. The molecular formula is C19H31NO4S. The van der Waals surface area contributed by atoms with Crippen LogP contribution >= 0.6 is 0 Å². The van der Waals surface area contributed by atoms with E-state index < -0.39 is 10.1 Å². The summed E-state index contributed by atoms with van der Waals surface area (Å²) in [5.74, 6) is 0.479. The van der Waals surface area contributed by atoms with Gasteiger partial charge in [-0.3, -0.25) is 4.79 Å². The molecular weight excluding hydrogens is 338 g/mol. The lowest BCUT2D eigenvalue weighted by molar-refractivity contribution is -0.138. The molecule has 0 saturated carbocycles. The van der Waals surface area contributed by atoms with E-state index in [1.807, 2.05) is 24.8 Å². The van der Waals surface area contributed by atoms with Crippen LogP contribution in [0.3, 0.4) is 0 Å². The summed E-state index contributed by atoms with van der Waals surface area (Å²) >= 11 is 0. The maximum absolute atomic E-state index is 12.9. The maximum Gasteiger partial charge on any atom is 0.306 e. The maximum atomic E-state index is 12.9. The molecule has 0 bridgehead atoms. The number of amides is 1. The molecule has 0 spiro atoms. The molecule has 1 rings (SSSR count). The molecule has 0 aliphatic rings. The van der Waals surface area contributed by atoms with Crippen LogP contribution in [-0.2, 0) is 21.5 Å². The third kappa shape index (κ3) is 7.46. The van der Waals surface area contributed by atoms with E-state index in [2.05, 4.69) is 13.8 Å². The first-order valence-electron chi connectivity index (χ1n) is 8.96. The van der Waals surface area contributed by atoms with E-state index in [0.717, 1.165) is 37.5 Å². The van der Waals surface area contributed by atoms with Crippen molar-refractivity contribution in [2.24, 2.45) is 5.92 Å². The fourth-order valence-corrected chi connectivity index (χ4v) is 3.22. The third-order valence-electron chi connectivity index (χ3n) is 4.15. The second-order valence-electron chi connectivity index (χ2n) is 6.74. The molecule has 1 amide bonds. The van der Waals surface area contributed by atoms with Crippen LogP contribution in [-0.4, -0.2) is 31.5 Å². The van der Waals surface area contributed by atoms with E-state index in [9.17, 15) is 13.2 Å². The first kappa shape index (κ1) is 21.5. The van der Waals surface area contributed by atoms with Gasteiger partial charge in [0.1, 0.15) is 5.75 Å². The second-order valence-corrected chi connectivity index (χ2v) is 8.32. The van der Waals surface area contributed by atoms with Gasteiger partial charge >= 0.3 is 10.1 Å². The summed E-state index contributed by atoms with van der Waals surface area (Å²) in [5, 5.41) is 0. The Balaban J connectivity index is 2.94. The van der Waals surface area contributed by atoms with Crippen LogP contribution < -0.4 is 4.18 Å². The smallest absolute Gasteiger partial charge is 0.306 e. The van der Waals surface area contributed by atoms with Crippen LogP contribution in [0.2, 0.25) is 0 Å². The van der Waals surface area contributed by atoms with E-state index in [0.29, 0.717) is 6.54 Å². The molecule has 0 heterocycles. The molecule has 0 aromatic heterocycles. The number of nitrogens with zero attached hydrogens (tertiary/aromatic N) is 1. The largest absolute Gasteiger partial charge is 0.383 e. The molecule has 5 nitrogen and oxygen atoms in total. The van der Waals surface area contributed by atoms with Gasteiger partial charge in [-0.1, -0.05) is 38.8 Å². The molecule has 1 unspecified atom stereocenters. The number of rotatable bonds is 10. The van der Waals surface area contributed by atoms with Gasteiger partial charge in [-0.2, -0.15) is 8.42 Å². The molecule has 0 N–H and O–H groups in total. The molecule has 0 aliphatic carbocycles. The van der Waals surface area contributed by atoms with Gasteiger partial charge < -0.3 is 9.08 Å². The van der Waals surface area contributed by atoms with Crippen molar-refractivity contribution >= 4 is 16.0 Å². The van der Waals surface area contributed by atoms with Gasteiger partial charge in [-0.25, -0.2) is 0 Å². The topological polar surface area (TPSA) is 63.7 Å². The predicted octanol–water partition coefficient (Wildman–Crippen LogP) is 3.98. The quantitative estimate of drug-likeness (QED) is 0.585. The highest BCUT2D eigenvalue weighted by atomic mass is 32.2. The predicted molar refractivity (Wildman–Crippen MR) is 101 cm³/mol. The summed E-state index contributed by atoms with van der Waals surface area (Å²) in [5.41, 5.74) is 0.855. The SMILES string of the molecule is CCCCC(CC)C(=O)N(Cc1cccc(OS(C)(=O)=O)c1)C(C)C. The van der Waals surface area contributed by atoms with Crippen molar-refractivity contribution in [3.05, 3.63) is 29.8 Å². The van der Waals surface area contributed by atoms with E-state index in [-0.39, 0.29) is 23.6 Å². The molecule has 1 aromatic carbocycles. The van der Waals surface area contributed by atoms with Crippen LogP contribution in [0.1, 0.15) is 58.9 Å². The standard InChI is InChI=1S/C19H31NO4S/c1-6-8-11-17(7-2)19(21)20(15(3)4)14-16-10-9-12-18(13-16)24-25(5,22)23/h9-10,12-13,15,17H,6-8,11,14H2,1-5H3. The summed E-state index contributed by atoms with van der Waals surface area (Å²) in [4.78, 5) is 14.8. The Kier molecular flexibility index (Phi) is 8.42. The van der Waals surface area contributed by atoms with Crippen LogP contribution in [0.4, 0.5) is 0 Å². The minimum absolute atomic E-state index is 0.0396. The van der Waals surface area contributed by atoms with E-state index in [1.165, 1.54) is 0 Å². The third-order valence-corrected chi connectivity index (χ3v) is 4.65. The fourth-order valence-electron chi connectivity index (χ4n) is 2.77. The zero-order valence-electron chi connectivity index (χ0n) is 16.0. The van der Waals surface area contributed by atoms with E-state index >= 15 is 0 Å². The number of carbonyl (C=O) groups excluding carboxylic acids is 1. The normalized spacial score (nSPS) is 12.9. The monoisotopic (exact) mass is 369 g/mol. The van der Waals surface area contributed by atoms with Crippen molar-refractivity contribution in [2.75, 3.05) is 6.26 Å². The van der Waals surface area contributed by atoms with Crippen molar-refractivity contribution < 1.29 is 17.4 Å². The molecule has 0 saturated heterocycles. The van der Waals surface area contributed by atoms with Gasteiger partial charge in [0.15, 0.2) is 0 Å². The minimum Gasteiger partial charge on any atom is -0.383 e. The number of hydrogen-bond acceptors (Lipinski definition) is 4. The summed E-state index contributed by atoms with van der Waals surface area (Å²) in [6, 6.07) is 6.97. The summed E-state index contributed by atoms with van der Waals surface area (Å²) in [7, 11) is -3.56. The minimum atomic E-state index is -3.56.